The SMILES string of the molecule is C[C@H](Oc1cc(N2CCNC3(COC3)C2)nc(-c2noc3c2CCCC32CCc3cc(F)c(N)c(C#N)c32)n1)[C@@H]1CCCN1C. The number of nitrogens with zero attached hydrogens (tertiary/aromatic N) is 6. The van der Waals surface area contributed by atoms with E-state index in [1.54, 1.807) is 0 Å². The van der Waals surface area contributed by atoms with Crippen LogP contribution in [0.2, 0.25) is 0 Å². The van der Waals surface area contributed by atoms with Crippen LogP contribution in [-0.4, -0.2) is 84.1 Å². The number of ether oxygens (including phenoxy) is 2. The molecular weight excluding hydrogens is 575 g/mol. The summed E-state index contributed by atoms with van der Waals surface area (Å²) in [7, 11) is 2.15. The number of likely N-dealkylation sites (N-methyl/N-ethyl adjacent to an activating group) is 1. The highest BCUT2D eigenvalue weighted by atomic mass is 19.1. The molecule has 12 heteroatoms. The first-order valence-electron chi connectivity index (χ1n) is 16.2. The van der Waals surface area contributed by atoms with E-state index in [2.05, 4.69) is 40.3 Å². The van der Waals surface area contributed by atoms with Crippen LogP contribution in [-0.2, 0) is 23.0 Å². The van der Waals surface area contributed by atoms with E-state index in [-0.39, 0.29) is 22.9 Å². The molecule has 3 atom stereocenters. The second-order valence-electron chi connectivity index (χ2n) is 13.6. The topological polar surface area (TPSA) is 139 Å². The van der Waals surface area contributed by atoms with Crippen molar-refractivity contribution in [1.82, 2.24) is 25.3 Å². The zero-order chi connectivity index (χ0) is 30.9. The lowest BCUT2D eigenvalue weighted by atomic mass is 9.68. The van der Waals surface area contributed by atoms with E-state index >= 15 is 0 Å². The largest absolute Gasteiger partial charge is 0.473 e. The molecule has 3 aromatic rings. The fourth-order valence-corrected chi connectivity index (χ4v) is 8.53. The number of aryl methyl sites for hydroxylation is 1. The lowest BCUT2D eigenvalue weighted by molar-refractivity contribution is -0.0743. The Balaban J connectivity index is 1.21. The quantitative estimate of drug-likeness (QED) is 0.409. The van der Waals surface area contributed by atoms with Gasteiger partial charge in [-0.3, -0.25) is 4.90 Å². The fraction of sp³-hybridized carbons (Fsp3) is 0.576. The second kappa shape index (κ2) is 10.6. The smallest absolute Gasteiger partial charge is 0.219 e. The number of rotatable bonds is 5. The van der Waals surface area contributed by atoms with Gasteiger partial charge in [-0.2, -0.15) is 10.2 Å². The molecule has 2 aromatic heterocycles. The van der Waals surface area contributed by atoms with Gasteiger partial charge >= 0.3 is 0 Å². The van der Waals surface area contributed by atoms with Crippen LogP contribution in [0.5, 0.6) is 5.88 Å². The number of benzene rings is 1. The number of nitrogens with two attached hydrogens (primary N) is 1. The van der Waals surface area contributed by atoms with Crippen molar-refractivity contribution in [3.8, 4) is 23.5 Å². The highest BCUT2D eigenvalue weighted by molar-refractivity contribution is 5.69. The summed E-state index contributed by atoms with van der Waals surface area (Å²) in [5, 5.41) is 18.3. The molecule has 3 saturated heterocycles. The first-order chi connectivity index (χ1) is 21.8. The summed E-state index contributed by atoms with van der Waals surface area (Å²) in [4.78, 5) is 14.7. The summed E-state index contributed by atoms with van der Waals surface area (Å²) >= 11 is 0. The van der Waals surface area contributed by atoms with Crippen molar-refractivity contribution < 1.29 is 18.4 Å². The lowest BCUT2D eigenvalue weighted by Crippen LogP contribution is -2.70. The molecular formula is C33H39FN8O3. The highest BCUT2D eigenvalue weighted by Crippen LogP contribution is 2.54. The van der Waals surface area contributed by atoms with Crippen LogP contribution in [0.4, 0.5) is 15.9 Å². The third-order valence-corrected chi connectivity index (χ3v) is 10.8. The molecule has 236 valence electrons. The molecule has 0 radical (unpaired) electrons. The van der Waals surface area contributed by atoms with E-state index in [9.17, 15) is 9.65 Å². The highest BCUT2D eigenvalue weighted by Gasteiger charge is 2.50. The minimum atomic E-state index is -0.589. The molecule has 5 heterocycles. The molecule has 11 nitrogen and oxygen atoms in total. The van der Waals surface area contributed by atoms with Crippen LogP contribution < -0.4 is 20.7 Å². The molecule has 0 amide bonds. The Kier molecular flexibility index (Phi) is 6.78. The number of hydrogen-bond acceptors (Lipinski definition) is 11. The standard InChI is InChI=1S/C33H39FN8O3/c1-19(24-6-4-11-41(24)2)44-26-14-25(42-12-10-37-32(16-42)17-43-18-32)38-31(39-26)29-21-5-3-8-33(30(21)45-40-29)9-7-20-13-23(34)28(36)22(15-35)27(20)33/h13-14,19,24,37H,3-12,16-18,36H2,1-2H3/t19-,24-,33?/m0/s1. The van der Waals surface area contributed by atoms with Gasteiger partial charge in [0, 0.05) is 37.3 Å². The molecule has 2 spiro atoms. The Labute approximate surface area is 261 Å². The Bertz CT molecular complexity index is 1700. The number of fused-ring (bicyclic) bond motifs is 4. The van der Waals surface area contributed by atoms with Crippen LogP contribution in [0.1, 0.15) is 67.0 Å². The van der Waals surface area contributed by atoms with Gasteiger partial charge in [0.1, 0.15) is 23.8 Å². The van der Waals surface area contributed by atoms with Gasteiger partial charge in [-0.15, -0.1) is 0 Å². The predicted molar refractivity (Wildman–Crippen MR) is 165 cm³/mol. The molecule has 3 fully saturated rings. The van der Waals surface area contributed by atoms with Crippen LogP contribution in [0.15, 0.2) is 16.7 Å². The Morgan fingerprint density at radius 3 is 2.82 bits per heavy atom. The van der Waals surface area contributed by atoms with Crippen molar-refractivity contribution in [2.75, 3.05) is 57.1 Å². The van der Waals surface area contributed by atoms with Crippen molar-refractivity contribution in [3.63, 3.8) is 0 Å². The average molecular weight is 615 g/mol. The third-order valence-electron chi connectivity index (χ3n) is 10.8. The molecule has 45 heavy (non-hydrogen) atoms. The molecule has 5 aliphatic rings. The zero-order valence-electron chi connectivity index (χ0n) is 25.9. The minimum Gasteiger partial charge on any atom is -0.473 e. The van der Waals surface area contributed by atoms with Gasteiger partial charge in [0.15, 0.2) is 17.3 Å². The van der Waals surface area contributed by atoms with Crippen molar-refractivity contribution in [2.24, 2.45) is 0 Å². The summed E-state index contributed by atoms with van der Waals surface area (Å²) in [5.74, 6) is 1.94. The molecule has 2 aliphatic carbocycles. The fourth-order valence-electron chi connectivity index (χ4n) is 8.53. The normalized spacial score (nSPS) is 26.0. The van der Waals surface area contributed by atoms with Crippen LogP contribution in [0, 0.1) is 17.1 Å². The number of anilines is 2. The first kappa shape index (κ1) is 28.7. The Morgan fingerprint density at radius 1 is 1.20 bits per heavy atom. The molecule has 8 rings (SSSR count). The summed E-state index contributed by atoms with van der Waals surface area (Å²) < 4.78 is 33.0. The van der Waals surface area contributed by atoms with Crippen molar-refractivity contribution in [2.45, 2.75) is 75.0 Å². The number of nitrogen functional groups attached to an aromatic ring is 1. The lowest BCUT2D eigenvalue weighted by Gasteiger charge is -2.49. The molecule has 0 saturated carbocycles. The minimum absolute atomic E-state index is 0.0535. The number of halogens is 1. The van der Waals surface area contributed by atoms with Crippen LogP contribution in [0.3, 0.4) is 0 Å². The Hall–Kier alpha value is -3.79. The number of likely N-dealkylation sites (tertiary alicyclic amines) is 1. The van der Waals surface area contributed by atoms with E-state index in [0.717, 1.165) is 86.6 Å². The zero-order valence-corrected chi connectivity index (χ0v) is 25.9. The summed E-state index contributed by atoms with van der Waals surface area (Å²) in [6, 6.07) is 5.95. The van der Waals surface area contributed by atoms with Crippen LogP contribution in [0.25, 0.3) is 11.5 Å². The monoisotopic (exact) mass is 614 g/mol. The van der Waals surface area contributed by atoms with Gasteiger partial charge in [-0.25, -0.2) is 9.37 Å². The second-order valence-corrected chi connectivity index (χ2v) is 13.6. The van der Waals surface area contributed by atoms with E-state index in [4.69, 9.17) is 29.7 Å². The van der Waals surface area contributed by atoms with Gasteiger partial charge in [-0.1, -0.05) is 5.16 Å². The average Bonchev–Trinajstić information content (AvgIpc) is 3.75. The van der Waals surface area contributed by atoms with E-state index in [1.165, 1.54) is 6.07 Å². The summed E-state index contributed by atoms with van der Waals surface area (Å²) in [5.41, 5.74) is 8.70. The molecule has 1 aromatic carbocycles. The van der Waals surface area contributed by atoms with Crippen molar-refractivity contribution in [1.29, 1.82) is 5.26 Å². The molecule has 3 N–H and O–H groups in total. The number of piperazine rings is 1. The first-order valence-corrected chi connectivity index (χ1v) is 16.2. The van der Waals surface area contributed by atoms with Gasteiger partial charge in [0.25, 0.3) is 0 Å². The van der Waals surface area contributed by atoms with E-state index in [0.29, 0.717) is 49.5 Å². The van der Waals surface area contributed by atoms with Gasteiger partial charge in [-0.05, 0) is 82.7 Å². The molecule has 1 unspecified atom stereocenters. The van der Waals surface area contributed by atoms with Crippen LogP contribution >= 0.6 is 0 Å². The maximum atomic E-state index is 14.7. The Morgan fingerprint density at radius 2 is 2.07 bits per heavy atom. The van der Waals surface area contributed by atoms with Crippen molar-refractivity contribution in [3.05, 3.63) is 46.0 Å². The maximum absolute atomic E-state index is 14.7. The van der Waals surface area contributed by atoms with E-state index in [1.807, 2.05) is 6.07 Å². The van der Waals surface area contributed by atoms with Crippen molar-refractivity contribution >= 4 is 11.5 Å². The predicted octanol–water partition coefficient (Wildman–Crippen LogP) is 3.33. The maximum Gasteiger partial charge on any atom is 0.219 e. The van der Waals surface area contributed by atoms with Gasteiger partial charge in [0.2, 0.25) is 5.88 Å². The number of nitriles is 1. The number of hydrogen-bond donors (Lipinski definition) is 2. The molecule has 3 aliphatic heterocycles. The third kappa shape index (κ3) is 4.50. The van der Waals surface area contributed by atoms with E-state index < -0.39 is 11.2 Å². The summed E-state index contributed by atoms with van der Waals surface area (Å²) in [6.45, 7) is 6.92. The van der Waals surface area contributed by atoms with Gasteiger partial charge in [0.05, 0.1) is 35.4 Å². The summed E-state index contributed by atoms with van der Waals surface area (Å²) in [6.07, 6.45) is 5.90. The molecule has 0 bridgehead atoms. The number of nitrogens with one attached hydrogen (secondary N) is 1. The number of aromatic nitrogens is 3. The van der Waals surface area contributed by atoms with Gasteiger partial charge < -0.3 is 29.9 Å².